The third-order valence-corrected chi connectivity index (χ3v) is 7.27. The normalized spacial score (nSPS) is 40.2. The molecule has 1 N–H and O–H groups in total. The van der Waals surface area contributed by atoms with Gasteiger partial charge in [-0.05, 0) is 44.2 Å². The van der Waals surface area contributed by atoms with Crippen molar-refractivity contribution < 1.29 is 4.90 Å². The van der Waals surface area contributed by atoms with Crippen molar-refractivity contribution in [2.24, 2.45) is 11.8 Å². The van der Waals surface area contributed by atoms with Crippen molar-refractivity contribution in [2.45, 2.75) is 75.4 Å². The minimum Gasteiger partial charge on any atom is -0.296 e. The molecule has 2 saturated carbocycles. The number of nitrogens with one attached hydrogen (secondary N) is 1. The Morgan fingerprint density at radius 2 is 1.64 bits per heavy atom. The van der Waals surface area contributed by atoms with Gasteiger partial charge in [0.15, 0.2) is 11.1 Å². The van der Waals surface area contributed by atoms with Crippen molar-refractivity contribution in [3.63, 3.8) is 0 Å². The number of piperidine rings is 1. The molecule has 2 heterocycles. The Balaban J connectivity index is 1.81. The van der Waals surface area contributed by atoms with Gasteiger partial charge in [0.25, 0.3) is 0 Å². The first kappa shape index (κ1) is 16.6. The van der Waals surface area contributed by atoms with Gasteiger partial charge in [-0.3, -0.25) is 9.88 Å². The summed E-state index contributed by atoms with van der Waals surface area (Å²) in [6.45, 7) is 0.703. The highest BCUT2D eigenvalue weighted by atomic mass is 15.3. The summed E-state index contributed by atoms with van der Waals surface area (Å²) < 4.78 is 0. The minimum atomic E-state index is -0.403. The lowest BCUT2D eigenvalue weighted by Crippen LogP contribution is -3.28. The Hall–Kier alpha value is -1.91. The van der Waals surface area contributed by atoms with Gasteiger partial charge in [-0.2, -0.15) is 10.5 Å². The first-order chi connectivity index (χ1) is 12.2. The number of quaternary nitrogens is 1. The third-order valence-electron chi connectivity index (χ3n) is 7.27. The van der Waals surface area contributed by atoms with Gasteiger partial charge in [-0.25, -0.2) is 0 Å². The number of nitriles is 2. The number of rotatable bonds is 2. The highest BCUT2D eigenvalue weighted by molar-refractivity contribution is 5.18. The fourth-order valence-electron chi connectivity index (χ4n) is 6.09. The number of fused-ring (bicyclic) bond motifs is 2. The molecule has 1 aromatic rings. The quantitative estimate of drug-likeness (QED) is 0.904. The average molecular weight is 335 g/mol. The second kappa shape index (κ2) is 6.43. The van der Waals surface area contributed by atoms with Gasteiger partial charge in [0, 0.05) is 30.9 Å². The van der Waals surface area contributed by atoms with E-state index in [1.54, 1.807) is 0 Å². The summed E-state index contributed by atoms with van der Waals surface area (Å²) in [5, 5.41) is 20.6. The summed E-state index contributed by atoms with van der Waals surface area (Å²) >= 11 is 0. The largest absolute Gasteiger partial charge is 0.296 e. The molecule has 1 unspecified atom stereocenters. The lowest BCUT2D eigenvalue weighted by atomic mass is 9.57. The van der Waals surface area contributed by atoms with Crippen LogP contribution in [-0.4, -0.2) is 16.1 Å². The molecule has 0 aromatic carbocycles. The molecule has 1 aliphatic heterocycles. The second-order valence-corrected chi connectivity index (χ2v) is 8.26. The predicted molar refractivity (Wildman–Crippen MR) is 94.1 cm³/mol. The van der Waals surface area contributed by atoms with Crippen LogP contribution in [0.4, 0.5) is 0 Å². The fourth-order valence-corrected chi connectivity index (χ4v) is 6.09. The number of nitrogens with zero attached hydrogens (tertiary/aromatic N) is 3. The van der Waals surface area contributed by atoms with Crippen LogP contribution >= 0.6 is 0 Å². The van der Waals surface area contributed by atoms with Crippen LogP contribution in [0.15, 0.2) is 24.4 Å². The van der Waals surface area contributed by atoms with E-state index >= 15 is 0 Å². The number of aromatic nitrogens is 1. The summed E-state index contributed by atoms with van der Waals surface area (Å²) in [5.41, 5.74) is 0.205. The van der Waals surface area contributed by atoms with E-state index in [0.29, 0.717) is 18.4 Å². The maximum atomic E-state index is 10.3. The monoisotopic (exact) mass is 335 g/mol. The van der Waals surface area contributed by atoms with Crippen molar-refractivity contribution >= 4 is 0 Å². The predicted octanol–water partition coefficient (Wildman–Crippen LogP) is 2.78. The third kappa shape index (κ3) is 2.47. The lowest BCUT2D eigenvalue weighted by molar-refractivity contribution is -1.01. The molecule has 4 heteroatoms. The van der Waals surface area contributed by atoms with E-state index in [1.165, 1.54) is 17.7 Å². The molecule has 130 valence electrons. The molecule has 0 amide bonds. The van der Waals surface area contributed by atoms with E-state index in [1.807, 2.05) is 24.4 Å². The van der Waals surface area contributed by atoms with E-state index in [4.69, 9.17) is 0 Å². The zero-order valence-electron chi connectivity index (χ0n) is 14.9. The van der Waals surface area contributed by atoms with Crippen LogP contribution < -0.4 is 4.90 Å². The van der Waals surface area contributed by atoms with Gasteiger partial charge in [0.2, 0.25) is 0 Å². The second-order valence-electron chi connectivity index (χ2n) is 8.26. The van der Waals surface area contributed by atoms with E-state index in [0.717, 1.165) is 50.6 Å². The Morgan fingerprint density at radius 3 is 2.16 bits per heavy atom. The van der Waals surface area contributed by atoms with Crippen LogP contribution in [0, 0.1) is 34.5 Å². The molecular formula is C21H27N4+. The smallest absolute Gasteiger partial charge is 0.189 e. The van der Waals surface area contributed by atoms with Crippen LogP contribution in [0.25, 0.3) is 0 Å². The van der Waals surface area contributed by atoms with Crippen LogP contribution in [0.5, 0.6) is 0 Å². The average Bonchev–Trinajstić information content (AvgIpc) is 2.68. The Labute approximate surface area is 150 Å². The van der Waals surface area contributed by atoms with Gasteiger partial charge in [-0.1, -0.05) is 18.9 Å². The minimum absolute atomic E-state index is 0.403. The maximum absolute atomic E-state index is 10.3. The number of pyridine rings is 1. The van der Waals surface area contributed by atoms with E-state index < -0.39 is 11.1 Å². The molecule has 1 saturated heterocycles. The van der Waals surface area contributed by atoms with Crippen molar-refractivity contribution in [2.75, 3.05) is 0 Å². The molecule has 25 heavy (non-hydrogen) atoms. The molecule has 3 fully saturated rings. The molecule has 2 aliphatic carbocycles. The molecule has 0 bridgehead atoms. The summed E-state index contributed by atoms with van der Waals surface area (Å²) in [6, 6.07) is 11.5. The highest BCUT2D eigenvalue weighted by Crippen LogP contribution is 2.47. The van der Waals surface area contributed by atoms with Crippen molar-refractivity contribution in [3.8, 4) is 12.1 Å². The number of hydrogen-bond donors (Lipinski definition) is 1. The first-order valence-corrected chi connectivity index (χ1v) is 9.84. The van der Waals surface area contributed by atoms with Gasteiger partial charge >= 0.3 is 0 Å². The Morgan fingerprint density at radius 1 is 1.00 bits per heavy atom. The molecule has 1 aromatic heterocycles. The molecule has 0 spiro atoms. The van der Waals surface area contributed by atoms with Crippen LogP contribution in [0.2, 0.25) is 0 Å². The molecule has 4 nitrogen and oxygen atoms in total. The van der Waals surface area contributed by atoms with Crippen LogP contribution in [0.3, 0.4) is 0 Å². The highest BCUT2D eigenvalue weighted by Gasteiger charge is 2.65. The topological polar surface area (TPSA) is 64.9 Å². The number of likely N-dealkylation sites (tertiary alicyclic amines) is 1. The van der Waals surface area contributed by atoms with Crippen LogP contribution in [-0.2, 0) is 6.54 Å². The molecule has 4 rings (SSSR count). The van der Waals surface area contributed by atoms with Gasteiger partial charge < -0.3 is 0 Å². The zero-order chi connectivity index (χ0) is 17.3. The SMILES string of the molecule is N#C[C@]12CCCC[C@@H]1C[C@@H]1CCCC[C@]1(C#N)[NH+]2Cc1ccccn1. The maximum Gasteiger partial charge on any atom is 0.189 e. The van der Waals surface area contributed by atoms with Gasteiger partial charge in [0.1, 0.15) is 18.7 Å². The number of hydrogen-bond acceptors (Lipinski definition) is 3. The van der Waals surface area contributed by atoms with E-state index in [2.05, 4.69) is 17.1 Å². The van der Waals surface area contributed by atoms with Crippen molar-refractivity contribution in [3.05, 3.63) is 30.1 Å². The Kier molecular flexibility index (Phi) is 4.26. The first-order valence-electron chi connectivity index (χ1n) is 9.84. The summed E-state index contributed by atoms with van der Waals surface area (Å²) in [4.78, 5) is 5.77. The van der Waals surface area contributed by atoms with Gasteiger partial charge in [-0.15, -0.1) is 0 Å². The summed E-state index contributed by atoms with van der Waals surface area (Å²) in [5.74, 6) is 0.879. The standard InChI is InChI=1S/C21H26N4/c22-15-20-10-4-1-7-17(20)13-18-8-2-5-11-21(18,16-23)25(20)14-19-9-3-6-12-24-19/h3,6,9,12,17-18H,1-2,4-5,7-8,10-11,13-14H2/p+1/t17-,18+,20-,21-/m1/s1. The lowest BCUT2D eigenvalue weighted by Gasteiger charge is -2.58. The molecule has 5 atom stereocenters. The molecule has 3 aliphatic rings. The molecule has 0 radical (unpaired) electrons. The fraction of sp³-hybridized carbons (Fsp3) is 0.667. The van der Waals surface area contributed by atoms with Crippen LogP contribution in [0.1, 0.15) is 63.5 Å². The van der Waals surface area contributed by atoms with E-state index in [9.17, 15) is 10.5 Å². The molecular weight excluding hydrogens is 308 g/mol. The zero-order valence-corrected chi connectivity index (χ0v) is 14.9. The van der Waals surface area contributed by atoms with Crippen molar-refractivity contribution in [1.82, 2.24) is 4.98 Å². The Bertz CT molecular complexity index is 663. The van der Waals surface area contributed by atoms with Crippen molar-refractivity contribution in [1.29, 1.82) is 10.5 Å². The summed E-state index contributed by atoms with van der Waals surface area (Å²) in [6.07, 6.45) is 11.8. The van der Waals surface area contributed by atoms with Gasteiger partial charge in [0.05, 0.1) is 5.69 Å². The summed E-state index contributed by atoms with van der Waals surface area (Å²) in [7, 11) is 0. The van der Waals surface area contributed by atoms with E-state index in [-0.39, 0.29) is 0 Å².